The molecule has 0 unspecified atom stereocenters. The van der Waals surface area contributed by atoms with Gasteiger partial charge in [0.2, 0.25) is 0 Å². The van der Waals surface area contributed by atoms with Gasteiger partial charge in [0, 0.05) is 29.1 Å². The summed E-state index contributed by atoms with van der Waals surface area (Å²) in [6.45, 7) is 5.38. The van der Waals surface area contributed by atoms with Gasteiger partial charge in [0.25, 0.3) is 5.56 Å². The highest BCUT2D eigenvalue weighted by atomic mass is 16.1. The molecule has 0 spiro atoms. The summed E-state index contributed by atoms with van der Waals surface area (Å²) >= 11 is 0. The van der Waals surface area contributed by atoms with Gasteiger partial charge in [-0.05, 0) is 38.9 Å². The van der Waals surface area contributed by atoms with Crippen molar-refractivity contribution in [1.29, 1.82) is 0 Å². The van der Waals surface area contributed by atoms with E-state index >= 15 is 0 Å². The van der Waals surface area contributed by atoms with Crippen LogP contribution < -0.4 is 10.9 Å². The lowest BCUT2D eigenvalue weighted by Crippen LogP contribution is -2.31. The minimum atomic E-state index is -0.0198. The van der Waals surface area contributed by atoms with Crippen molar-refractivity contribution in [3.05, 3.63) is 45.1 Å². The maximum atomic E-state index is 12.1. The molecule has 0 fully saturated rings. The van der Waals surface area contributed by atoms with Crippen molar-refractivity contribution in [2.24, 2.45) is 0 Å². The van der Waals surface area contributed by atoms with Crippen LogP contribution in [0.4, 0.5) is 0 Å². The Morgan fingerprint density at radius 2 is 1.89 bits per heavy atom. The Morgan fingerprint density at radius 3 is 2.63 bits per heavy atom. The fourth-order valence-corrected chi connectivity index (χ4v) is 2.48. The van der Waals surface area contributed by atoms with E-state index < -0.39 is 0 Å². The Bertz CT molecular complexity index is 670. The van der Waals surface area contributed by atoms with E-state index in [0.717, 1.165) is 41.2 Å². The van der Waals surface area contributed by atoms with Crippen LogP contribution in [-0.4, -0.2) is 21.5 Å². The number of fused-ring (bicyclic) bond motifs is 1. The molecule has 3 rings (SSSR count). The molecule has 1 aliphatic heterocycles. The molecule has 0 saturated carbocycles. The van der Waals surface area contributed by atoms with Gasteiger partial charge in [0.15, 0.2) is 0 Å². The van der Waals surface area contributed by atoms with Crippen LogP contribution >= 0.6 is 0 Å². The van der Waals surface area contributed by atoms with Gasteiger partial charge in [-0.25, -0.2) is 4.98 Å². The van der Waals surface area contributed by atoms with Crippen molar-refractivity contribution in [3.8, 4) is 11.4 Å². The van der Waals surface area contributed by atoms with Crippen molar-refractivity contribution in [2.75, 3.05) is 6.54 Å². The Morgan fingerprint density at radius 1 is 1.16 bits per heavy atom. The van der Waals surface area contributed by atoms with Crippen LogP contribution in [0, 0.1) is 13.8 Å². The molecule has 0 bridgehead atoms. The molecule has 98 valence electrons. The molecule has 19 heavy (non-hydrogen) atoms. The first-order valence-electron chi connectivity index (χ1n) is 6.42. The fraction of sp³-hybridized carbons (Fsp3) is 0.357. The molecule has 0 aliphatic carbocycles. The lowest BCUT2D eigenvalue weighted by molar-refractivity contribution is 0.619. The Kier molecular flexibility index (Phi) is 2.91. The van der Waals surface area contributed by atoms with Gasteiger partial charge in [0.1, 0.15) is 5.82 Å². The summed E-state index contributed by atoms with van der Waals surface area (Å²) in [7, 11) is 0. The van der Waals surface area contributed by atoms with Crippen LogP contribution in [0.15, 0.2) is 16.9 Å². The van der Waals surface area contributed by atoms with Crippen LogP contribution in [-0.2, 0) is 13.0 Å². The summed E-state index contributed by atoms with van der Waals surface area (Å²) in [6.07, 6.45) is 0.742. The quantitative estimate of drug-likeness (QED) is 0.801. The number of nitrogens with one attached hydrogen (secondary N) is 2. The number of hydrogen-bond acceptors (Lipinski definition) is 4. The van der Waals surface area contributed by atoms with E-state index in [-0.39, 0.29) is 5.56 Å². The van der Waals surface area contributed by atoms with Crippen LogP contribution in [0.5, 0.6) is 0 Å². The summed E-state index contributed by atoms with van der Waals surface area (Å²) in [4.78, 5) is 23.9. The molecule has 0 saturated heterocycles. The van der Waals surface area contributed by atoms with Crippen molar-refractivity contribution < 1.29 is 0 Å². The number of nitrogens with zero attached hydrogens (tertiary/aromatic N) is 2. The largest absolute Gasteiger partial charge is 0.311 e. The van der Waals surface area contributed by atoms with Crippen LogP contribution in [0.3, 0.4) is 0 Å². The predicted molar refractivity (Wildman–Crippen MR) is 73.0 cm³/mol. The normalized spacial score (nSPS) is 14.2. The first-order chi connectivity index (χ1) is 9.13. The van der Waals surface area contributed by atoms with Crippen LogP contribution in [0.1, 0.15) is 22.6 Å². The highest BCUT2D eigenvalue weighted by Crippen LogP contribution is 2.17. The number of H-pyrrole nitrogens is 1. The summed E-state index contributed by atoms with van der Waals surface area (Å²) in [6, 6.07) is 3.88. The van der Waals surface area contributed by atoms with E-state index in [1.165, 1.54) is 0 Å². The second-order valence-corrected chi connectivity index (χ2v) is 4.91. The zero-order valence-electron chi connectivity index (χ0n) is 11.1. The summed E-state index contributed by atoms with van der Waals surface area (Å²) in [5.74, 6) is 0.626. The van der Waals surface area contributed by atoms with E-state index in [9.17, 15) is 4.79 Å². The monoisotopic (exact) mass is 256 g/mol. The summed E-state index contributed by atoms with van der Waals surface area (Å²) in [5.41, 5.74) is 4.41. The zero-order valence-corrected chi connectivity index (χ0v) is 11.1. The average Bonchev–Trinajstić information content (AvgIpc) is 2.37. The third-order valence-electron chi connectivity index (χ3n) is 3.30. The molecule has 0 amide bonds. The Hall–Kier alpha value is -2.01. The zero-order chi connectivity index (χ0) is 13.4. The molecule has 5 nitrogen and oxygen atoms in total. The van der Waals surface area contributed by atoms with Gasteiger partial charge in [-0.1, -0.05) is 0 Å². The molecular weight excluding hydrogens is 240 g/mol. The van der Waals surface area contributed by atoms with E-state index in [4.69, 9.17) is 0 Å². The number of aromatic nitrogens is 3. The molecule has 0 atom stereocenters. The molecule has 2 aromatic rings. The molecule has 0 radical (unpaired) electrons. The van der Waals surface area contributed by atoms with Crippen LogP contribution in [0.25, 0.3) is 11.4 Å². The maximum absolute atomic E-state index is 12.1. The Labute approximate surface area is 111 Å². The van der Waals surface area contributed by atoms with Crippen molar-refractivity contribution >= 4 is 0 Å². The molecule has 5 heteroatoms. The number of hydrogen-bond donors (Lipinski definition) is 2. The molecule has 3 heterocycles. The van der Waals surface area contributed by atoms with E-state index in [1.54, 1.807) is 0 Å². The first-order valence-corrected chi connectivity index (χ1v) is 6.42. The molecule has 2 aromatic heterocycles. The predicted octanol–water partition coefficient (Wildman–Crippen LogP) is 1.09. The molecule has 0 aromatic carbocycles. The van der Waals surface area contributed by atoms with Gasteiger partial charge in [-0.2, -0.15) is 0 Å². The van der Waals surface area contributed by atoms with Gasteiger partial charge < -0.3 is 10.3 Å². The number of aromatic amines is 1. The summed E-state index contributed by atoms with van der Waals surface area (Å²) in [5, 5.41) is 3.24. The number of pyridine rings is 1. The fourth-order valence-electron chi connectivity index (χ4n) is 2.48. The third-order valence-corrected chi connectivity index (χ3v) is 3.30. The Balaban J connectivity index is 2.15. The lowest BCUT2D eigenvalue weighted by Gasteiger charge is -2.16. The maximum Gasteiger partial charge on any atom is 0.254 e. The van der Waals surface area contributed by atoms with E-state index in [0.29, 0.717) is 12.4 Å². The second kappa shape index (κ2) is 4.59. The van der Waals surface area contributed by atoms with Gasteiger partial charge in [-0.15, -0.1) is 0 Å². The SMILES string of the molecule is Cc1cc(-c2nc3c(c(=O)[nH]2)CCNC3)cc(C)n1. The smallest absolute Gasteiger partial charge is 0.254 e. The summed E-state index contributed by atoms with van der Waals surface area (Å²) < 4.78 is 0. The molecule has 2 N–H and O–H groups in total. The van der Waals surface area contributed by atoms with Crippen molar-refractivity contribution in [3.63, 3.8) is 0 Å². The third kappa shape index (κ3) is 2.29. The second-order valence-electron chi connectivity index (χ2n) is 4.91. The number of aryl methyl sites for hydroxylation is 2. The van der Waals surface area contributed by atoms with Gasteiger partial charge in [-0.3, -0.25) is 9.78 Å². The van der Waals surface area contributed by atoms with Crippen molar-refractivity contribution in [1.82, 2.24) is 20.3 Å². The highest BCUT2D eigenvalue weighted by molar-refractivity contribution is 5.56. The first kappa shape index (κ1) is 12.0. The van der Waals surface area contributed by atoms with Crippen LogP contribution in [0.2, 0.25) is 0 Å². The molecular formula is C14H16N4O. The average molecular weight is 256 g/mol. The number of rotatable bonds is 1. The molecule has 1 aliphatic rings. The highest BCUT2D eigenvalue weighted by Gasteiger charge is 2.15. The minimum Gasteiger partial charge on any atom is -0.311 e. The standard InChI is InChI=1S/C14H16N4O/c1-8-5-10(6-9(2)16-8)13-17-12-7-15-4-3-11(12)14(19)18-13/h5-6,15H,3-4,7H2,1-2H3,(H,17,18,19). The topological polar surface area (TPSA) is 70.7 Å². The van der Waals surface area contributed by atoms with Crippen molar-refractivity contribution in [2.45, 2.75) is 26.8 Å². The van der Waals surface area contributed by atoms with Gasteiger partial charge in [0.05, 0.1) is 5.69 Å². The van der Waals surface area contributed by atoms with E-state index in [1.807, 2.05) is 26.0 Å². The van der Waals surface area contributed by atoms with E-state index in [2.05, 4.69) is 20.3 Å². The minimum absolute atomic E-state index is 0.0198. The van der Waals surface area contributed by atoms with Gasteiger partial charge >= 0.3 is 0 Å². The lowest BCUT2D eigenvalue weighted by atomic mass is 10.1.